The fourth-order valence-corrected chi connectivity index (χ4v) is 3.67. The lowest BCUT2D eigenvalue weighted by Gasteiger charge is -2.11. The number of ketones is 1. The van der Waals surface area contributed by atoms with Crippen LogP contribution in [0.25, 0.3) is 6.08 Å². The summed E-state index contributed by atoms with van der Waals surface area (Å²) in [6, 6.07) is 12.2. The van der Waals surface area contributed by atoms with Crippen LogP contribution in [0.5, 0.6) is 11.8 Å². The molecule has 3 rings (SSSR count). The van der Waals surface area contributed by atoms with Crippen LogP contribution in [-0.4, -0.2) is 26.8 Å². The molecular weight excluding hydrogens is 463 g/mol. The van der Waals surface area contributed by atoms with Gasteiger partial charge in [-0.2, -0.15) is 0 Å². The summed E-state index contributed by atoms with van der Waals surface area (Å²) in [5, 5.41) is 9.95. The molecule has 1 heterocycles. The van der Waals surface area contributed by atoms with Gasteiger partial charge in [-0.05, 0) is 48.2 Å². The number of carboxylic acid groups (broad SMARTS) is 1. The van der Waals surface area contributed by atoms with Crippen LogP contribution in [0.15, 0.2) is 60.9 Å². The average Bonchev–Trinajstić information content (AvgIpc) is 2.80. The first kappa shape index (κ1) is 24.4. The summed E-state index contributed by atoms with van der Waals surface area (Å²) in [6.07, 6.45) is 7.80. The summed E-state index contributed by atoms with van der Waals surface area (Å²) in [6.45, 7) is 2.02. The Morgan fingerprint density at radius 2 is 1.70 bits per heavy atom. The number of nitrogens with zero attached hydrogens (tertiary/aromatic N) is 2. The Labute approximate surface area is 201 Å². The van der Waals surface area contributed by atoms with E-state index in [-0.39, 0.29) is 34.5 Å². The predicted molar refractivity (Wildman–Crippen MR) is 128 cm³/mol. The van der Waals surface area contributed by atoms with Gasteiger partial charge in [-0.15, -0.1) is 0 Å². The maximum Gasteiger partial charge on any atom is 0.321 e. The van der Waals surface area contributed by atoms with Crippen LogP contribution < -0.4 is 4.74 Å². The summed E-state index contributed by atoms with van der Waals surface area (Å²) in [5.41, 5.74) is 2.04. The molecule has 2 aromatic carbocycles. The highest BCUT2D eigenvalue weighted by Crippen LogP contribution is 2.27. The van der Waals surface area contributed by atoms with Crippen molar-refractivity contribution in [3.8, 4) is 11.8 Å². The van der Waals surface area contributed by atoms with Crippen molar-refractivity contribution in [3.63, 3.8) is 0 Å². The van der Waals surface area contributed by atoms with E-state index in [1.165, 1.54) is 0 Å². The van der Waals surface area contributed by atoms with Gasteiger partial charge >= 0.3 is 12.0 Å². The number of ether oxygens (including phenoxy) is 1. The smallest absolute Gasteiger partial charge is 0.321 e. The Hall–Kier alpha value is -3.22. The molecule has 0 saturated heterocycles. The first-order chi connectivity index (χ1) is 15.9. The van der Waals surface area contributed by atoms with Gasteiger partial charge in [-0.3, -0.25) is 9.59 Å². The monoisotopic (exact) mass is 484 g/mol. The molecule has 0 radical (unpaired) electrons. The molecule has 0 fully saturated rings. The van der Waals surface area contributed by atoms with Gasteiger partial charge in [0.05, 0.1) is 21.5 Å². The first-order valence-corrected chi connectivity index (χ1v) is 11.1. The largest absolute Gasteiger partial charge is 0.481 e. The average molecular weight is 485 g/mol. The molecule has 0 aliphatic heterocycles. The minimum atomic E-state index is -1.06. The number of carbonyl (C=O) groups excluding carboxylic acids is 1. The first-order valence-electron chi connectivity index (χ1n) is 10.3. The van der Waals surface area contributed by atoms with E-state index in [0.717, 1.165) is 17.5 Å². The summed E-state index contributed by atoms with van der Waals surface area (Å²) in [4.78, 5) is 32.6. The fourth-order valence-electron chi connectivity index (χ4n) is 3.06. The maximum absolute atomic E-state index is 12.6. The Morgan fingerprint density at radius 3 is 2.27 bits per heavy atom. The number of allylic oxidation sites excluding steroid dienone is 1. The number of benzene rings is 2. The number of hydrogen-bond acceptors (Lipinski definition) is 5. The van der Waals surface area contributed by atoms with Gasteiger partial charge in [0.2, 0.25) is 0 Å². The quantitative estimate of drug-likeness (QED) is 0.329. The van der Waals surface area contributed by atoms with Gasteiger partial charge in [0.25, 0.3) is 0 Å². The molecule has 6 nitrogen and oxygen atoms in total. The van der Waals surface area contributed by atoms with E-state index in [1.54, 1.807) is 54.9 Å². The summed E-state index contributed by atoms with van der Waals surface area (Å²) < 4.78 is 5.63. The third kappa shape index (κ3) is 6.88. The molecule has 8 heteroatoms. The van der Waals surface area contributed by atoms with Crippen LogP contribution in [0.1, 0.15) is 41.3 Å². The van der Waals surface area contributed by atoms with E-state index < -0.39 is 17.7 Å². The summed E-state index contributed by atoms with van der Waals surface area (Å²) in [7, 11) is 0. The topological polar surface area (TPSA) is 89.4 Å². The number of Topliss-reactive ketones (excluding diaryl/α,β-unsaturated/α-hetero) is 1. The molecule has 0 aliphatic rings. The second-order valence-electron chi connectivity index (χ2n) is 7.30. The number of aromatic nitrogens is 2. The van der Waals surface area contributed by atoms with Gasteiger partial charge in [0.15, 0.2) is 5.78 Å². The molecule has 1 unspecified atom stereocenters. The van der Waals surface area contributed by atoms with Crippen molar-refractivity contribution in [3.05, 3.63) is 87.7 Å². The third-order valence-electron chi connectivity index (χ3n) is 4.93. The number of carbonyl (C=O) groups is 2. The molecule has 1 atom stereocenters. The van der Waals surface area contributed by atoms with Gasteiger partial charge in [-0.25, -0.2) is 9.97 Å². The number of hydrogen-bond donors (Lipinski definition) is 1. The van der Waals surface area contributed by atoms with Crippen molar-refractivity contribution in [2.75, 3.05) is 0 Å². The van der Waals surface area contributed by atoms with Crippen molar-refractivity contribution in [2.24, 2.45) is 5.92 Å². The van der Waals surface area contributed by atoms with Crippen LogP contribution in [-0.2, 0) is 11.2 Å². The van der Waals surface area contributed by atoms with Crippen molar-refractivity contribution in [1.29, 1.82) is 0 Å². The number of rotatable bonds is 10. The van der Waals surface area contributed by atoms with E-state index in [1.807, 2.05) is 19.1 Å². The number of aliphatic carboxylic acids is 1. The van der Waals surface area contributed by atoms with Crippen molar-refractivity contribution < 1.29 is 19.4 Å². The fraction of sp³-hybridized carbons (Fsp3) is 0.200. The van der Waals surface area contributed by atoms with Gasteiger partial charge in [0.1, 0.15) is 5.75 Å². The molecule has 3 aromatic rings. The van der Waals surface area contributed by atoms with E-state index in [4.69, 9.17) is 27.9 Å². The number of aryl methyl sites for hydroxylation is 1. The standard InChI is InChI=1S/C25H22Cl2N2O4/c1-2-16-14-28-25(29-15-16)33-19-11-9-17(10-12-19)5-3-6-18(24(31)32)13-22(30)23-20(26)7-4-8-21(23)27/h3-5,7-12,14-15,18H,2,6,13H2,1H3,(H,31,32)/b5-3+. The number of carboxylic acids is 1. The Morgan fingerprint density at radius 1 is 1.06 bits per heavy atom. The zero-order chi connectivity index (χ0) is 23.8. The summed E-state index contributed by atoms with van der Waals surface area (Å²) in [5.74, 6) is -1.77. The number of halogens is 2. The zero-order valence-corrected chi connectivity index (χ0v) is 19.4. The maximum atomic E-state index is 12.6. The van der Waals surface area contributed by atoms with Gasteiger partial charge < -0.3 is 9.84 Å². The molecule has 0 amide bonds. The highest BCUT2D eigenvalue weighted by molar-refractivity contribution is 6.39. The van der Waals surface area contributed by atoms with Gasteiger partial charge in [-0.1, -0.05) is 60.5 Å². The minimum Gasteiger partial charge on any atom is -0.481 e. The van der Waals surface area contributed by atoms with E-state index >= 15 is 0 Å². The highest BCUT2D eigenvalue weighted by Gasteiger charge is 2.23. The van der Waals surface area contributed by atoms with Crippen LogP contribution in [0.2, 0.25) is 10.0 Å². The molecular formula is C25H22Cl2N2O4. The van der Waals surface area contributed by atoms with Crippen LogP contribution in [0, 0.1) is 5.92 Å². The molecule has 170 valence electrons. The second-order valence-corrected chi connectivity index (χ2v) is 8.11. The lowest BCUT2D eigenvalue weighted by atomic mass is 9.95. The molecule has 0 aliphatic carbocycles. The van der Waals surface area contributed by atoms with E-state index in [2.05, 4.69) is 9.97 Å². The predicted octanol–water partition coefficient (Wildman–Crippen LogP) is 6.52. The van der Waals surface area contributed by atoms with Crippen LogP contribution in [0.3, 0.4) is 0 Å². The molecule has 1 N–H and O–H groups in total. The van der Waals surface area contributed by atoms with Gasteiger partial charge in [0, 0.05) is 18.8 Å². The lowest BCUT2D eigenvalue weighted by molar-refractivity contribution is -0.141. The SMILES string of the molecule is CCc1cnc(Oc2ccc(/C=C/CC(CC(=O)c3c(Cl)cccc3Cl)C(=O)O)cc2)nc1. The minimum absolute atomic E-state index is 0.153. The third-order valence-corrected chi connectivity index (χ3v) is 5.56. The van der Waals surface area contributed by atoms with Crippen molar-refractivity contribution in [1.82, 2.24) is 9.97 Å². The molecule has 0 spiro atoms. The van der Waals surface area contributed by atoms with Crippen LogP contribution in [0.4, 0.5) is 0 Å². The Bertz CT molecular complexity index is 1130. The van der Waals surface area contributed by atoms with E-state index in [9.17, 15) is 14.7 Å². The normalized spacial score (nSPS) is 12.0. The molecule has 1 aromatic heterocycles. The van der Waals surface area contributed by atoms with Crippen molar-refractivity contribution in [2.45, 2.75) is 26.2 Å². The summed E-state index contributed by atoms with van der Waals surface area (Å²) >= 11 is 12.1. The molecule has 33 heavy (non-hydrogen) atoms. The van der Waals surface area contributed by atoms with Crippen molar-refractivity contribution >= 4 is 41.0 Å². The lowest BCUT2D eigenvalue weighted by Crippen LogP contribution is -2.18. The molecule has 0 bridgehead atoms. The Kier molecular flexibility index (Phi) is 8.58. The highest BCUT2D eigenvalue weighted by atomic mass is 35.5. The zero-order valence-electron chi connectivity index (χ0n) is 17.9. The molecule has 0 saturated carbocycles. The Balaban J connectivity index is 1.59. The van der Waals surface area contributed by atoms with Crippen LogP contribution >= 0.6 is 23.2 Å². The van der Waals surface area contributed by atoms with E-state index in [0.29, 0.717) is 5.75 Å². The second kappa shape index (κ2) is 11.6.